The first-order chi connectivity index (χ1) is 13.4. The van der Waals surface area contributed by atoms with Crippen molar-refractivity contribution >= 4 is 28.8 Å². The predicted octanol–water partition coefficient (Wildman–Crippen LogP) is 5.83. The number of nitrogens with zero attached hydrogens (tertiary/aromatic N) is 3. The van der Waals surface area contributed by atoms with Gasteiger partial charge in [0.1, 0.15) is 5.82 Å². The molecule has 1 aromatic rings. The summed E-state index contributed by atoms with van der Waals surface area (Å²) in [7, 11) is 0. The van der Waals surface area contributed by atoms with Crippen molar-refractivity contribution in [3.8, 4) is 0 Å². The average Bonchev–Trinajstić information content (AvgIpc) is 3.09. The molecule has 0 aromatic carbocycles. The molecule has 4 nitrogen and oxygen atoms in total. The van der Waals surface area contributed by atoms with E-state index in [0.29, 0.717) is 31.4 Å². The number of aliphatic imine (C=N–C) groups is 1. The monoisotopic (exact) mass is 408 g/mol. The Labute approximate surface area is 170 Å². The lowest BCUT2D eigenvalue weighted by molar-refractivity contribution is -0.0530. The molecule has 0 atom stereocenters. The van der Waals surface area contributed by atoms with Crippen molar-refractivity contribution < 1.29 is 8.78 Å². The number of unbranched alkanes of at least 4 members (excludes halogenated alkanes) is 1. The molecule has 0 aliphatic carbocycles. The van der Waals surface area contributed by atoms with Gasteiger partial charge in [0.05, 0.1) is 0 Å². The molecule has 0 radical (unpaired) electrons. The van der Waals surface area contributed by atoms with Crippen molar-refractivity contribution in [3.05, 3.63) is 41.7 Å². The Bertz CT molecular complexity index is 697. The molecule has 0 amide bonds. The molecule has 154 valence electrons. The van der Waals surface area contributed by atoms with Crippen LogP contribution in [-0.4, -0.2) is 41.7 Å². The molecule has 1 saturated heterocycles. The molecule has 1 aliphatic rings. The lowest BCUT2D eigenvalue weighted by atomic mass is 10.1. The van der Waals surface area contributed by atoms with E-state index in [1.165, 1.54) is 0 Å². The summed E-state index contributed by atoms with van der Waals surface area (Å²) in [5, 5.41) is 4.02. The van der Waals surface area contributed by atoms with Gasteiger partial charge in [0.15, 0.2) is 5.13 Å². The average molecular weight is 409 g/mol. The number of aromatic nitrogens is 1. The predicted molar refractivity (Wildman–Crippen MR) is 116 cm³/mol. The third-order valence-corrected chi connectivity index (χ3v) is 5.10. The summed E-state index contributed by atoms with van der Waals surface area (Å²) in [5.41, 5.74) is 0. The Morgan fingerprint density at radius 1 is 1.39 bits per heavy atom. The summed E-state index contributed by atoms with van der Waals surface area (Å²) in [6.07, 6.45) is 13.5. The lowest BCUT2D eigenvalue weighted by Crippen LogP contribution is -2.39. The first-order valence-corrected chi connectivity index (χ1v) is 10.5. The van der Waals surface area contributed by atoms with Crippen molar-refractivity contribution in [2.75, 3.05) is 25.0 Å². The second kappa shape index (κ2) is 11.2. The van der Waals surface area contributed by atoms with Crippen molar-refractivity contribution in [2.45, 2.75) is 45.5 Å². The van der Waals surface area contributed by atoms with E-state index in [4.69, 9.17) is 0 Å². The van der Waals surface area contributed by atoms with Gasteiger partial charge in [-0.3, -0.25) is 4.90 Å². The standard InChI is InChI=1S/C21H30F2N4S/c1-4-5-6-7-8-18-16-25-20(28-18)26-19(24-15-17(2)3)9-12-27-13-10-21(22,23)11-14-27/h4,7-9,15-17H,1,5-6,10-14H2,2-3H3,(H,25,26)/b8-7+,19-9+,24-15-. The number of hydrogen-bond donors (Lipinski definition) is 1. The Morgan fingerprint density at radius 2 is 2.14 bits per heavy atom. The van der Waals surface area contributed by atoms with Gasteiger partial charge in [-0.15, -0.1) is 6.58 Å². The van der Waals surface area contributed by atoms with Crippen LogP contribution >= 0.6 is 11.3 Å². The van der Waals surface area contributed by atoms with Crippen molar-refractivity contribution in [2.24, 2.45) is 10.9 Å². The maximum absolute atomic E-state index is 13.3. The number of likely N-dealkylation sites (tertiary alicyclic amines) is 1. The maximum atomic E-state index is 13.3. The highest BCUT2D eigenvalue weighted by molar-refractivity contribution is 7.16. The first-order valence-electron chi connectivity index (χ1n) is 9.73. The zero-order valence-corrected chi connectivity index (χ0v) is 17.5. The number of rotatable bonds is 10. The second-order valence-corrected chi connectivity index (χ2v) is 8.29. The fraction of sp³-hybridized carbons (Fsp3) is 0.524. The van der Waals surface area contributed by atoms with Crippen LogP contribution in [0.1, 0.15) is 44.4 Å². The summed E-state index contributed by atoms with van der Waals surface area (Å²) in [5.74, 6) is -1.51. The highest BCUT2D eigenvalue weighted by Gasteiger charge is 2.33. The van der Waals surface area contributed by atoms with Crippen LogP contribution in [0.3, 0.4) is 0 Å². The van der Waals surface area contributed by atoms with Crippen LogP contribution in [0, 0.1) is 5.92 Å². The van der Waals surface area contributed by atoms with Gasteiger partial charge < -0.3 is 5.32 Å². The number of hydrogen-bond acceptors (Lipinski definition) is 5. The van der Waals surface area contributed by atoms with E-state index >= 15 is 0 Å². The van der Waals surface area contributed by atoms with E-state index in [-0.39, 0.29) is 12.8 Å². The Balaban J connectivity index is 1.98. The van der Waals surface area contributed by atoms with Gasteiger partial charge >= 0.3 is 0 Å². The fourth-order valence-electron chi connectivity index (χ4n) is 2.59. The number of allylic oxidation sites excluding steroid dienone is 2. The Morgan fingerprint density at radius 3 is 2.82 bits per heavy atom. The van der Waals surface area contributed by atoms with E-state index < -0.39 is 5.92 Å². The molecule has 2 heterocycles. The maximum Gasteiger partial charge on any atom is 0.250 e. The number of nitrogens with one attached hydrogen (secondary N) is 1. The smallest absolute Gasteiger partial charge is 0.250 e. The second-order valence-electron chi connectivity index (χ2n) is 7.23. The molecule has 2 rings (SSSR count). The van der Waals surface area contributed by atoms with Crippen LogP contribution in [-0.2, 0) is 0 Å². The normalized spacial score (nSPS) is 18.4. The van der Waals surface area contributed by atoms with E-state index in [2.05, 4.69) is 47.9 Å². The molecule has 0 saturated carbocycles. The first kappa shape index (κ1) is 22.4. The van der Waals surface area contributed by atoms with Crippen LogP contribution in [0.25, 0.3) is 6.08 Å². The van der Waals surface area contributed by atoms with E-state index in [0.717, 1.165) is 22.9 Å². The number of alkyl halides is 2. The van der Waals surface area contributed by atoms with Gasteiger partial charge in [-0.25, -0.2) is 18.8 Å². The van der Waals surface area contributed by atoms with E-state index in [1.807, 2.05) is 29.5 Å². The molecule has 1 fully saturated rings. The number of anilines is 1. The van der Waals surface area contributed by atoms with Crippen LogP contribution in [0.15, 0.2) is 41.8 Å². The summed E-state index contributed by atoms with van der Waals surface area (Å²) in [6, 6.07) is 0. The Kier molecular flexibility index (Phi) is 8.99. The van der Waals surface area contributed by atoms with Crippen LogP contribution in [0.2, 0.25) is 0 Å². The van der Waals surface area contributed by atoms with Crippen LogP contribution in [0.4, 0.5) is 13.9 Å². The molecule has 0 unspecified atom stereocenters. The van der Waals surface area contributed by atoms with E-state index in [1.54, 1.807) is 11.3 Å². The number of piperidine rings is 1. The van der Waals surface area contributed by atoms with Crippen LogP contribution < -0.4 is 5.32 Å². The minimum Gasteiger partial charge on any atom is -0.316 e. The summed E-state index contributed by atoms with van der Waals surface area (Å²) >= 11 is 1.55. The SMILES string of the molecule is C=CCC/C=C/c1cnc(NC(=C/CN2CCC(F)(F)CC2)/N=C\C(C)C)s1. The molecule has 0 bridgehead atoms. The summed E-state index contributed by atoms with van der Waals surface area (Å²) in [6.45, 7) is 9.23. The molecule has 0 spiro atoms. The van der Waals surface area contributed by atoms with Crippen molar-refractivity contribution in [1.29, 1.82) is 0 Å². The minimum absolute atomic E-state index is 0.0765. The lowest BCUT2D eigenvalue weighted by Gasteiger charge is -2.30. The van der Waals surface area contributed by atoms with E-state index in [9.17, 15) is 8.78 Å². The van der Waals surface area contributed by atoms with Crippen molar-refractivity contribution in [1.82, 2.24) is 9.88 Å². The zero-order valence-electron chi connectivity index (χ0n) is 16.7. The summed E-state index contributed by atoms with van der Waals surface area (Å²) in [4.78, 5) is 12.0. The van der Waals surface area contributed by atoms with Crippen LogP contribution in [0.5, 0.6) is 0 Å². The van der Waals surface area contributed by atoms with Gasteiger partial charge in [0.2, 0.25) is 0 Å². The molecule has 1 N–H and O–H groups in total. The molecular weight excluding hydrogens is 378 g/mol. The molecule has 7 heteroatoms. The van der Waals surface area contributed by atoms with Gasteiger partial charge in [0.25, 0.3) is 5.92 Å². The number of thiazole rings is 1. The molecule has 1 aromatic heterocycles. The quantitative estimate of drug-likeness (QED) is 0.301. The van der Waals surface area contributed by atoms with Gasteiger partial charge in [0, 0.05) is 49.8 Å². The largest absolute Gasteiger partial charge is 0.316 e. The Hall–Kier alpha value is -1.86. The highest BCUT2D eigenvalue weighted by Crippen LogP contribution is 2.27. The molecule has 28 heavy (non-hydrogen) atoms. The number of halogens is 2. The van der Waals surface area contributed by atoms with Crippen molar-refractivity contribution in [3.63, 3.8) is 0 Å². The minimum atomic E-state index is -2.52. The third-order valence-electron chi connectivity index (χ3n) is 4.22. The third kappa shape index (κ3) is 8.44. The fourth-order valence-corrected chi connectivity index (χ4v) is 3.34. The molecular formula is C21H30F2N4S. The topological polar surface area (TPSA) is 40.5 Å². The van der Waals surface area contributed by atoms with Gasteiger partial charge in [-0.1, -0.05) is 37.3 Å². The molecule has 1 aliphatic heterocycles. The zero-order chi connectivity index (χ0) is 20.4. The van der Waals surface area contributed by atoms with Gasteiger partial charge in [-0.05, 0) is 30.9 Å². The van der Waals surface area contributed by atoms with Gasteiger partial charge in [-0.2, -0.15) is 0 Å². The summed E-state index contributed by atoms with van der Waals surface area (Å²) < 4.78 is 26.6. The highest BCUT2D eigenvalue weighted by atomic mass is 32.1.